The number of hydrogen-bond acceptors (Lipinski definition) is 1. The molecule has 3 heteroatoms. The first-order chi connectivity index (χ1) is 9.61. The highest BCUT2D eigenvalue weighted by atomic mass is 35.5. The van der Waals surface area contributed by atoms with E-state index in [-0.39, 0.29) is 5.91 Å². The van der Waals surface area contributed by atoms with E-state index in [1.54, 1.807) is 0 Å². The zero-order chi connectivity index (χ0) is 14.1. The molecule has 0 saturated heterocycles. The predicted octanol–water partition coefficient (Wildman–Crippen LogP) is 3.82. The second-order valence-electron chi connectivity index (χ2n) is 6.50. The van der Waals surface area contributed by atoms with E-state index in [1.807, 2.05) is 24.3 Å². The van der Waals surface area contributed by atoms with E-state index >= 15 is 0 Å². The van der Waals surface area contributed by atoms with Crippen molar-refractivity contribution in [2.75, 3.05) is 0 Å². The molecule has 20 heavy (non-hydrogen) atoms. The van der Waals surface area contributed by atoms with Crippen molar-refractivity contribution in [3.05, 3.63) is 34.9 Å². The number of nitrogens with one attached hydrogen (secondary N) is 1. The molecule has 2 bridgehead atoms. The number of rotatable bonds is 4. The zero-order valence-electron chi connectivity index (χ0n) is 11.9. The zero-order valence-corrected chi connectivity index (χ0v) is 12.7. The van der Waals surface area contributed by atoms with Gasteiger partial charge in [0.15, 0.2) is 0 Å². The van der Waals surface area contributed by atoms with Crippen LogP contribution in [0.5, 0.6) is 0 Å². The van der Waals surface area contributed by atoms with Crippen LogP contribution in [0.15, 0.2) is 24.3 Å². The van der Waals surface area contributed by atoms with Crippen LogP contribution in [0.4, 0.5) is 0 Å². The van der Waals surface area contributed by atoms with Gasteiger partial charge in [0.2, 0.25) is 5.91 Å². The number of amides is 1. The molecule has 0 spiro atoms. The standard InChI is InChI=1S/C17H22ClNO/c1-11(16-9-13-2-5-14(16)8-13)19-17(20)10-12-3-6-15(18)7-4-12/h3-4,6-7,11,13-14,16H,2,5,8-10H2,1H3,(H,19,20)/t11-,13+,14+,16-/m0/s1. The van der Waals surface area contributed by atoms with Crippen molar-refractivity contribution in [3.8, 4) is 0 Å². The van der Waals surface area contributed by atoms with E-state index in [1.165, 1.54) is 25.7 Å². The van der Waals surface area contributed by atoms with Gasteiger partial charge in [-0.15, -0.1) is 0 Å². The molecule has 2 saturated carbocycles. The van der Waals surface area contributed by atoms with Crippen LogP contribution >= 0.6 is 11.6 Å². The molecule has 0 aliphatic heterocycles. The lowest BCUT2D eigenvalue weighted by Crippen LogP contribution is -2.40. The lowest BCUT2D eigenvalue weighted by atomic mass is 9.84. The summed E-state index contributed by atoms with van der Waals surface area (Å²) in [5, 5.41) is 3.91. The SMILES string of the molecule is C[C@H](NC(=O)Cc1ccc(Cl)cc1)[C@@H]1C[C@@H]2CC[C@@H]1C2. The molecular formula is C17H22ClNO. The van der Waals surface area contributed by atoms with Crippen molar-refractivity contribution in [3.63, 3.8) is 0 Å². The first-order valence-electron chi connectivity index (χ1n) is 7.65. The minimum atomic E-state index is 0.127. The summed E-state index contributed by atoms with van der Waals surface area (Å²) in [6.45, 7) is 2.17. The van der Waals surface area contributed by atoms with Gasteiger partial charge >= 0.3 is 0 Å². The van der Waals surface area contributed by atoms with E-state index < -0.39 is 0 Å². The van der Waals surface area contributed by atoms with E-state index in [0.717, 1.165) is 17.4 Å². The van der Waals surface area contributed by atoms with E-state index in [9.17, 15) is 4.79 Å². The van der Waals surface area contributed by atoms with Crippen molar-refractivity contribution in [1.82, 2.24) is 5.32 Å². The van der Waals surface area contributed by atoms with Crippen molar-refractivity contribution in [1.29, 1.82) is 0 Å². The molecule has 2 aliphatic rings. The second kappa shape index (κ2) is 5.77. The van der Waals surface area contributed by atoms with Crippen molar-refractivity contribution >= 4 is 17.5 Å². The first-order valence-corrected chi connectivity index (χ1v) is 8.03. The normalized spacial score (nSPS) is 29.4. The van der Waals surface area contributed by atoms with Gasteiger partial charge in [0, 0.05) is 11.1 Å². The Balaban J connectivity index is 1.52. The highest BCUT2D eigenvalue weighted by molar-refractivity contribution is 6.30. The Labute approximate surface area is 125 Å². The van der Waals surface area contributed by atoms with Gasteiger partial charge < -0.3 is 5.32 Å². The number of benzene rings is 1. The van der Waals surface area contributed by atoms with Crippen LogP contribution in [0, 0.1) is 17.8 Å². The summed E-state index contributed by atoms with van der Waals surface area (Å²) in [5.74, 6) is 2.61. The number of carbonyl (C=O) groups excluding carboxylic acids is 1. The average Bonchev–Trinajstić information content (AvgIpc) is 3.03. The molecule has 2 aliphatic carbocycles. The Kier molecular flexibility index (Phi) is 4.02. The highest BCUT2D eigenvalue weighted by Crippen LogP contribution is 2.49. The van der Waals surface area contributed by atoms with Crippen molar-refractivity contribution < 1.29 is 4.79 Å². The Morgan fingerprint density at radius 1 is 1.30 bits per heavy atom. The summed E-state index contributed by atoms with van der Waals surface area (Å²) >= 11 is 5.85. The van der Waals surface area contributed by atoms with Gasteiger partial charge in [0.05, 0.1) is 6.42 Å². The Morgan fingerprint density at radius 2 is 2.05 bits per heavy atom. The maximum atomic E-state index is 12.1. The van der Waals surface area contributed by atoms with Crippen LogP contribution in [0.2, 0.25) is 5.02 Å². The van der Waals surface area contributed by atoms with Crippen LogP contribution in [0.3, 0.4) is 0 Å². The molecule has 0 heterocycles. The van der Waals surface area contributed by atoms with Gasteiger partial charge in [-0.2, -0.15) is 0 Å². The van der Waals surface area contributed by atoms with Gasteiger partial charge in [-0.05, 0) is 61.6 Å². The van der Waals surface area contributed by atoms with E-state index in [2.05, 4.69) is 12.2 Å². The summed E-state index contributed by atoms with van der Waals surface area (Å²) < 4.78 is 0. The van der Waals surface area contributed by atoms with Crippen LogP contribution in [0.1, 0.15) is 38.2 Å². The maximum absolute atomic E-state index is 12.1. The molecule has 0 unspecified atom stereocenters. The fourth-order valence-electron chi connectivity index (χ4n) is 4.11. The predicted molar refractivity (Wildman–Crippen MR) is 81.7 cm³/mol. The number of carbonyl (C=O) groups is 1. The quantitative estimate of drug-likeness (QED) is 0.898. The minimum Gasteiger partial charge on any atom is -0.353 e. The minimum absolute atomic E-state index is 0.127. The van der Waals surface area contributed by atoms with Crippen LogP contribution in [-0.4, -0.2) is 11.9 Å². The summed E-state index contributed by atoms with van der Waals surface area (Å²) in [6, 6.07) is 7.83. The Bertz CT molecular complexity index is 484. The number of halogens is 1. The summed E-state index contributed by atoms with van der Waals surface area (Å²) in [5.41, 5.74) is 1.02. The molecule has 2 fully saturated rings. The molecule has 1 N–H and O–H groups in total. The molecule has 108 valence electrons. The number of fused-ring (bicyclic) bond motifs is 2. The van der Waals surface area contributed by atoms with Crippen LogP contribution in [0.25, 0.3) is 0 Å². The summed E-state index contributed by atoms with van der Waals surface area (Å²) in [4.78, 5) is 12.1. The highest BCUT2D eigenvalue weighted by Gasteiger charge is 2.42. The number of hydrogen-bond donors (Lipinski definition) is 1. The lowest BCUT2D eigenvalue weighted by Gasteiger charge is -2.28. The molecule has 0 aromatic heterocycles. The molecule has 0 radical (unpaired) electrons. The first kappa shape index (κ1) is 13.9. The molecule has 1 amide bonds. The summed E-state index contributed by atoms with van der Waals surface area (Å²) in [6.07, 6.45) is 5.93. The molecule has 3 rings (SSSR count). The van der Waals surface area contributed by atoms with Gasteiger partial charge in [0.25, 0.3) is 0 Å². The van der Waals surface area contributed by atoms with Gasteiger partial charge in [-0.3, -0.25) is 4.79 Å². The fourth-order valence-corrected chi connectivity index (χ4v) is 4.23. The third-order valence-corrected chi connectivity index (χ3v) is 5.35. The molecule has 4 atom stereocenters. The van der Waals surface area contributed by atoms with Gasteiger partial charge in [-0.1, -0.05) is 30.2 Å². The molecule has 1 aromatic rings. The topological polar surface area (TPSA) is 29.1 Å². The molecule has 1 aromatic carbocycles. The largest absolute Gasteiger partial charge is 0.353 e. The third-order valence-electron chi connectivity index (χ3n) is 5.10. The third kappa shape index (κ3) is 3.01. The van der Waals surface area contributed by atoms with E-state index in [4.69, 9.17) is 11.6 Å². The fraction of sp³-hybridized carbons (Fsp3) is 0.588. The van der Waals surface area contributed by atoms with Gasteiger partial charge in [-0.25, -0.2) is 0 Å². The van der Waals surface area contributed by atoms with E-state index in [0.29, 0.717) is 23.4 Å². The monoisotopic (exact) mass is 291 g/mol. The van der Waals surface area contributed by atoms with Crippen molar-refractivity contribution in [2.24, 2.45) is 17.8 Å². The molecule has 2 nitrogen and oxygen atoms in total. The lowest BCUT2D eigenvalue weighted by molar-refractivity contribution is -0.121. The van der Waals surface area contributed by atoms with Crippen LogP contribution in [-0.2, 0) is 11.2 Å². The maximum Gasteiger partial charge on any atom is 0.224 e. The molecular weight excluding hydrogens is 270 g/mol. The Hall–Kier alpha value is -1.02. The average molecular weight is 292 g/mol. The second-order valence-corrected chi connectivity index (χ2v) is 6.93. The Morgan fingerprint density at radius 3 is 2.65 bits per heavy atom. The smallest absolute Gasteiger partial charge is 0.224 e. The van der Waals surface area contributed by atoms with Gasteiger partial charge in [0.1, 0.15) is 0 Å². The van der Waals surface area contributed by atoms with Crippen molar-refractivity contribution in [2.45, 2.75) is 45.1 Å². The summed E-state index contributed by atoms with van der Waals surface area (Å²) in [7, 11) is 0. The van der Waals surface area contributed by atoms with Crippen LogP contribution < -0.4 is 5.32 Å².